The molecule has 0 aromatic heterocycles. The molecule has 106 valence electrons. The third-order valence-corrected chi connectivity index (χ3v) is 3.66. The molecule has 1 aliphatic carbocycles. The van der Waals surface area contributed by atoms with Gasteiger partial charge in [0, 0.05) is 6.04 Å². The Kier molecular flexibility index (Phi) is 7.81. The van der Waals surface area contributed by atoms with Gasteiger partial charge in [0.2, 0.25) is 5.96 Å². The summed E-state index contributed by atoms with van der Waals surface area (Å²) in [5, 5.41) is 3.48. The lowest BCUT2D eigenvalue weighted by Gasteiger charge is -2.20. The average Bonchev–Trinajstić information content (AvgIpc) is 2.88. The van der Waals surface area contributed by atoms with Crippen molar-refractivity contribution < 1.29 is 0 Å². The molecule has 4 N–H and O–H groups in total. The first-order chi connectivity index (χ1) is 8.80. The molecular formula is C14H30N4. The number of unbranched alkanes of at least 4 members (excludes halogenated alkanes) is 1. The van der Waals surface area contributed by atoms with Crippen LogP contribution in [0.25, 0.3) is 0 Å². The van der Waals surface area contributed by atoms with E-state index in [4.69, 9.17) is 10.8 Å². The van der Waals surface area contributed by atoms with Gasteiger partial charge in [0.05, 0.1) is 6.04 Å². The predicted molar refractivity (Wildman–Crippen MR) is 78.4 cm³/mol. The molecule has 0 aliphatic heterocycles. The molecule has 1 unspecified atom stereocenters. The fourth-order valence-corrected chi connectivity index (χ4v) is 2.61. The molecule has 18 heavy (non-hydrogen) atoms. The first-order valence-electron chi connectivity index (χ1n) is 7.61. The minimum atomic E-state index is 0.469. The van der Waals surface area contributed by atoms with Crippen molar-refractivity contribution in [1.82, 2.24) is 10.7 Å². The monoisotopic (exact) mass is 254 g/mol. The Morgan fingerprint density at radius 3 is 2.50 bits per heavy atom. The zero-order chi connectivity index (χ0) is 13.2. The van der Waals surface area contributed by atoms with E-state index in [1.165, 1.54) is 57.8 Å². The molecule has 1 saturated carbocycles. The molecule has 0 spiro atoms. The van der Waals surface area contributed by atoms with E-state index >= 15 is 0 Å². The summed E-state index contributed by atoms with van der Waals surface area (Å²) in [6, 6.07) is 0.975. The molecule has 0 amide bonds. The lowest BCUT2D eigenvalue weighted by molar-refractivity contribution is 0.487. The zero-order valence-electron chi connectivity index (χ0n) is 12.0. The summed E-state index contributed by atoms with van der Waals surface area (Å²) < 4.78 is 0. The highest BCUT2D eigenvalue weighted by atomic mass is 15.3. The fourth-order valence-electron chi connectivity index (χ4n) is 2.61. The van der Waals surface area contributed by atoms with Crippen LogP contribution in [0.2, 0.25) is 0 Å². The summed E-state index contributed by atoms with van der Waals surface area (Å²) in [6.45, 7) is 4.46. The zero-order valence-corrected chi connectivity index (χ0v) is 12.0. The van der Waals surface area contributed by atoms with Crippen LogP contribution in [0.5, 0.6) is 0 Å². The number of hydrogen-bond acceptors (Lipinski definition) is 2. The van der Waals surface area contributed by atoms with Crippen molar-refractivity contribution in [3.05, 3.63) is 0 Å². The van der Waals surface area contributed by atoms with E-state index in [2.05, 4.69) is 24.6 Å². The third-order valence-electron chi connectivity index (χ3n) is 3.66. The van der Waals surface area contributed by atoms with Crippen LogP contribution in [0.4, 0.5) is 0 Å². The van der Waals surface area contributed by atoms with Gasteiger partial charge in [-0.05, 0) is 25.7 Å². The van der Waals surface area contributed by atoms with Gasteiger partial charge in [0.25, 0.3) is 0 Å². The van der Waals surface area contributed by atoms with Crippen molar-refractivity contribution in [3.8, 4) is 0 Å². The van der Waals surface area contributed by atoms with Crippen molar-refractivity contribution in [2.24, 2.45) is 10.8 Å². The minimum absolute atomic E-state index is 0.469. The maximum Gasteiger partial charge on any atom is 0.206 e. The van der Waals surface area contributed by atoms with Gasteiger partial charge >= 0.3 is 0 Å². The van der Waals surface area contributed by atoms with Gasteiger partial charge < -0.3 is 5.32 Å². The molecule has 1 atom stereocenters. The van der Waals surface area contributed by atoms with E-state index in [0.29, 0.717) is 12.1 Å². The highest BCUT2D eigenvalue weighted by Crippen LogP contribution is 2.20. The molecule has 1 aliphatic rings. The topological polar surface area (TPSA) is 62.4 Å². The Balaban J connectivity index is 2.46. The third kappa shape index (κ3) is 5.71. The van der Waals surface area contributed by atoms with Crippen LogP contribution >= 0.6 is 0 Å². The Bertz CT molecular complexity index is 234. The Morgan fingerprint density at radius 1 is 1.22 bits per heavy atom. The van der Waals surface area contributed by atoms with Crippen LogP contribution < -0.4 is 16.6 Å². The molecule has 0 aromatic carbocycles. The van der Waals surface area contributed by atoms with Crippen molar-refractivity contribution in [3.63, 3.8) is 0 Å². The number of aliphatic imine (C=N–C) groups is 1. The highest BCUT2D eigenvalue weighted by Gasteiger charge is 2.16. The molecule has 1 fully saturated rings. The Labute approximate surface area is 112 Å². The Hall–Kier alpha value is -0.770. The molecular weight excluding hydrogens is 224 g/mol. The summed E-state index contributed by atoms with van der Waals surface area (Å²) in [4.78, 5) is 4.69. The predicted octanol–water partition coefficient (Wildman–Crippen LogP) is 2.70. The number of hydrazine groups is 1. The summed E-state index contributed by atoms with van der Waals surface area (Å²) in [6.07, 6.45) is 11.1. The van der Waals surface area contributed by atoms with Gasteiger partial charge in [0.15, 0.2) is 0 Å². The number of rotatable bonds is 7. The maximum absolute atomic E-state index is 5.58. The normalized spacial score (nSPS) is 18.9. The second kappa shape index (κ2) is 9.20. The molecule has 0 radical (unpaired) electrons. The van der Waals surface area contributed by atoms with E-state index < -0.39 is 0 Å². The van der Waals surface area contributed by atoms with Crippen LogP contribution in [-0.2, 0) is 0 Å². The standard InChI is InChI=1S/C14H30N4/c1-3-5-9-12(8-4-2)16-14(18-15)17-13-10-6-7-11-13/h12-13H,3-11,15H2,1-2H3,(H2,16,17,18). The van der Waals surface area contributed by atoms with Gasteiger partial charge in [-0.25, -0.2) is 10.8 Å². The molecule has 1 rings (SSSR count). The average molecular weight is 254 g/mol. The molecule has 4 nitrogen and oxygen atoms in total. The highest BCUT2D eigenvalue weighted by molar-refractivity contribution is 5.79. The first-order valence-corrected chi connectivity index (χ1v) is 7.61. The van der Waals surface area contributed by atoms with Gasteiger partial charge in [-0.1, -0.05) is 46.0 Å². The lowest BCUT2D eigenvalue weighted by Crippen LogP contribution is -2.47. The summed E-state index contributed by atoms with van der Waals surface area (Å²) in [5.41, 5.74) is 2.73. The second-order valence-electron chi connectivity index (χ2n) is 5.33. The molecule has 4 heteroatoms. The Morgan fingerprint density at radius 2 is 1.94 bits per heavy atom. The second-order valence-corrected chi connectivity index (χ2v) is 5.33. The number of nitrogens with two attached hydrogens (primary N) is 1. The number of guanidine groups is 1. The van der Waals surface area contributed by atoms with Crippen molar-refractivity contribution in [2.45, 2.75) is 83.7 Å². The molecule has 0 bridgehead atoms. The lowest BCUT2D eigenvalue weighted by atomic mass is 10.1. The smallest absolute Gasteiger partial charge is 0.206 e. The van der Waals surface area contributed by atoms with E-state index in [9.17, 15) is 0 Å². The first kappa shape index (κ1) is 15.3. The van der Waals surface area contributed by atoms with Crippen LogP contribution in [0.1, 0.15) is 71.6 Å². The van der Waals surface area contributed by atoms with E-state index in [1.807, 2.05) is 0 Å². The molecule has 0 heterocycles. The molecule has 0 aromatic rings. The van der Waals surface area contributed by atoms with Crippen LogP contribution in [-0.4, -0.2) is 18.0 Å². The quantitative estimate of drug-likeness (QED) is 0.283. The summed E-state index contributed by atoms with van der Waals surface area (Å²) in [5.74, 6) is 6.37. The van der Waals surface area contributed by atoms with Crippen molar-refractivity contribution >= 4 is 5.96 Å². The fraction of sp³-hybridized carbons (Fsp3) is 0.929. The number of nitrogens with one attached hydrogen (secondary N) is 2. The minimum Gasteiger partial charge on any atom is -0.353 e. The van der Waals surface area contributed by atoms with Gasteiger partial charge in [-0.3, -0.25) is 5.43 Å². The molecule has 0 saturated heterocycles. The van der Waals surface area contributed by atoms with Gasteiger partial charge in [-0.2, -0.15) is 0 Å². The number of nitrogens with zero attached hydrogens (tertiary/aromatic N) is 1. The SMILES string of the molecule is CCCCC(CCC)NC(=NC1CCCC1)NN. The largest absolute Gasteiger partial charge is 0.353 e. The van der Waals surface area contributed by atoms with Gasteiger partial charge in [-0.15, -0.1) is 0 Å². The maximum atomic E-state index is 5.58. The van der Waals surface area contributed by atoms with Crippen LogP contribution in [0, 0.1) is 0 Å². The van der Waals surface area contributed by atoms with Crippen LogP contribution in [0.3, 0.4) is 0 Å². The van der Waals surface area contributed by atoms with E-state index in [0.717, 1.165) is 5.96 Å². The van der Waals surface area contributed by atoms with Crippen LogP contribution in [0.15, 0.2) is 4.99 Å². The van der Waals surface area contributed by atoms with Crippen molar-refractivity contribution in [2.75, 3.05) is 0 Å². The van der Waals surface area contributed by atoms with Gasteiger partial charge in [0.1, 0.15) is 0 Å². The summed E-state index contributed by atoms with van der Waals surface area (Å²) in [7, 11) is 0. The summed E-state index contributed by atoms with van der Waals surface area (Å²) >= 11 is 0. The van der Waals surface area contributed by atoms with E-state index in [1.54, 1.807) is 0 Å². The number of hydrogen-bond donors (Lipinski definition) is 3. The van der Waals surface area contributed by atoms with Crippen molar-refractivity contribution in [1.29, 1.82) is 0 Å². The van der Waals surface area contributed by atoms with E-state index in [-0.39, 0.29) is 0 Å².